The SMILES string of the molecule is Cl.O=C(NC1CC(F)(F)C1)c1cc(C2CC2NCC2CC2)ccc1F. The number of benzene rings is 1. The van der Waals surface area contributed by atoms with E-state index >= 15 is 0 Å². The van der Waals surface area contributed by atoms with Gasteiger partial charge in [-0.3, -0.25) is 4.79 Å². The second-order valence-corrected chi connectivity index (χ2v) is 7.47. The third kappa shape index (κ3) is 4.29. The Kier molecular flexibility index (Phi) is 5.04. The molecule has 1 aromatic carbocycles. The molecule has 0 aromatic heterocycles. The molecule has 4 rings (SSSR count). The van der Waals surface area contributed by atoms with Gasteiger partial charge in [0.1, 0.15) is 5.82 Å². The number of hydrogen-bond donors (Lipinski definition) is 2. The van der Waals surface area contributed by atoms with Crippen LogP contribution in [0.5, 0.6) is 0 Å². The van der Waals surface area contributed by atoms with Crippen molar-refractivity contribution in [2.24, 2.45) is 5.92 Å². The molecule has 0 heterocycles. The number of amides is 1. The van der Waals surface area contributed by atoms with Crippen molar-refractivity contribution in [1.82, 2.24) is 10.6 Å². The van der Waals surface area contributed by atoms with E-state index in [1.807, 2.05) is 0 Å². The standard InChI is InChI=1S/C18H21F3N2O.ClH/c19-15-4-3-11(13-6-16(13)22-9-10-1-2-10)5-14(15)17(24)23-12-7-18(20,21)8-12;/h3-5,10,12-13,16,22H,1-2,6-9H2,(H,23,24);1H. The van der Waals surface area contributed by atoms with Crippen LogP contribution in [-0.2, 0) is 0 Å². The Balaban J connectivity index is 0.00000182. The number of carbonyl (C=O) groups is 1. The number of nitrogens with one attached hydrogen (secondary N) is 2. The lowest BCUT2D eigenvalue weighted by atomic mass is 9.88. The van der Waals surface area contributed by atoms with Gasteiger partial charge in [-0.15, -0.1) is 12.4 Å². The predicted molar refractivity (Wildman–Crippen MR) is 91.0 cm³/mol. The van der Waals surface area contributed by atoms with Gasteiger partial charge >= 0.3 is 0 Å². The summed E-state index contributed by atoms with van der Waals surface area (Å²) in [5.41, 5.74) is 0.893. The number of alkyl halides is 2. The fourth-order valence-corrected chi connectivity index (χ4v) is 3.40. The molecule has 2 unspecified atom stereocenters. The summed E-state index contributed by atoms with van der Waals surface area (Å²) < 4.78 is 39.6. The van der Waals surface area contributed by atoms with Crippen LogP contribution in [0.4, 0.5) is 13.2 Å². The Morgan fingerprint density at radius 3 is 2.60 bits per heavy atom. The molecule has 0 saturated heterocycles. The molecule has 1 amide bonds. The smallest absolute Gasteiger partial charge is 0.254 e. The Morgan fingerprint density at radius 2 is 1.96 bits per heavy atom. The van der Waals surface area contributed by atoms with Crippen molar-refractivity contribution in [2.45, 2.75) is 56.0 Å². The van der Waals surface area contributed by atoms with Gasteiger partial charge in [0.15, 0.2) is 0 Å². The number of rotatable bonds is 6. The second kappa shape index (κ2) is 6.80. The Labute approximate surface area is 151 Å². The van der Waals surface area contributed by atoms with Crippen molar-refractivity contribution >= 4 is 18.3 Å². The molecular formula is C18H22ClF3N2O. The first-order valence-electron chi connectivity index (χ1n) is 8.63. The van der Waals surface area contributed by atoms with Gasteiger partial charge in [-0.1, -0.05) is 6.07 Å². The maximum absolute atomic E-state index is 14.0. The summed E-state index contributed by atoms with van der Waals surface area (Å²) in [5, 5.41) is 6.01. The number of halogens is 4. The maximum atomic E-state index is 14.0. The lowest BCUT2D eigenvalue weighted by Crippen LogP contribution is -2.50. The molecule has 3 fully saturated rings. The zero-order valence-corrected chi connectivity index (χ0v) is 14.6. The van der Waals surface area contributed by atoms with E-state index in [0.717, 1.165) is 24.4 Å². The molecule has 3 saturated carbocycles. The highest BCUT2D eigenvalue weighted by molar-refractivity contribution is 5.95. The number of hydrogen-bond acceptors (Lipinski definition) is 2. The molecule has 3 aliphatic carbocycles. The van der Waals surface area contributed by atoms with E-state index in [1.54, 1.807) is 12.1 Å². The average molecular weight is 375 g/mol. The van der Waals surface area contributed by atoms with E-state index in [4.69, 9.17) is 0 Å². The van der Waals surface area contributed by atoms with Gasteiger partial charge in [0.25, 0.3) is 11.8 Å². The number of carbonyl (C=O) groups excluding carboxylic acids is 1. The Hall–Kier alpha value is -1.27. The third-order valence-electron chi connectivity index (χ3n) is 5.24. The quantitative estimate of drug-likeness (QED) is 0.798. The highest BCUT2D eigenvalue weighted by Crippen LogP contribution is 2.42. The van der Waals surface area contributed by atoms with E-state index in [1.165, 1.54) is 18.9 Å². The van der Waals surface area contributed by atoms with Gasteiger partial charge < -0.3 is 10.6 Å². The first kappa shape index (κ1) is 18.5. The van der Waals surface area contributed by atoms with Crippen molar-refractivity contribution in [2.75, 3.05) is 6.54 Å². The largest absolute Gasteiger partial charge is 0.349 e. The molecule has 0 bridgehead atoms. The van der Waals surface area contributed by atoms with Crippen LogP contribution in [0.3, 0.4) is 0 Å². The topological polar surface area (TPSA) is 41.1 Å². The summed E-state index contributed by atoms with van der Waals surface area (Å²) in [6, 6.07) is 4.43. The zero-order valence-electron chi connectivity index (χ0n) is 13.7. The normalized spacial score (nSPS) is 27.2. The van der Waals surface area contributed by atoms with Crippen LogP contribution in [-0.4, -0.2) is 30.5 Å². The van der Waals surface area contributed by atoms with Crippen molar-refractivity contribution in [1.29, 1.82) is 0 Å². The van der Waals surface area contributed by atoms with Gasteiger partial charge in [-0.25, -0.2) is 13.2 Å². The minimum absolute atomic E-state index is 0. The van der Waals surface area contributed by atoms with Crippen LogP contribution in [0.15, 0.2) is 18.2 Å². The monoisotopic (exact) mass is 374 g/mol. The van der Waals surface area contributed by atoms with Crippen molar-refractivity contribution in [3.63, 3.8) is 0 Å². The summed E-state index contributed by atoms with van der Waals surface area (Å²) >= 11 is 0. The first-order chi connectivity index (χ1) is 11.4. The molecule has 3 aliphatic rings. The van der Waals surface area contributed by atoms with Crippen LogP contribution >= 0.6 is 12.4 Å². The fourth-order valence-electron chi connectivity index (χ4n) is 3.40. The summed E-state index contributed by atoms with van der Waals surface area (Å²) in [7, 11) is 0. The Bertz CT molecular complexity index is 658. The molecule has 1 aromatic rings. The molecule has 7 heteroatoms. The average Bonchev–Trinajstić information content (AvgIpc) is 3.38. The molecule has 138 valence electrons. The zero-order chi connectivity index (χ0) is 16.9. The minimum Gasteiger partial charge on any atom is -0.349 e. The van der Waals surface area contributed by atoms with Crippen LogP contribution in [0.2, 0.25) is 0 Å². The maximum Gasteiger partial charge on any atom is 0.254 e. The molecular weight excluding hydrogens is 353 g/mol. The highest BCUT2D eigenvalue weighted by Gasteiger charge is 2.46. The van der Waals surface area contributed by atoms with Crippen LogP contribution in [0.1, 0.15) is 53.9 Å². The second-order valence-electron chi connectivity index (χ2n) is 7.47. The molecule has 2 N–H and O–H groups in total. The fraction of sp³-hybridized carbons (Fsp3) is 0.611. The highest BCUT2D eigenvalue weighted by atomic mass is 35.5. The lowest BCUT2D eigenvalue weighted by molar-refractivity contribution is -0.0901. The summed E-state index contributed by atoms with van der Waals surface area (Å²) in [4.78, 5) is 12.2. The van der Waals surface area contributed by atoms with Crippen LogP contribution in [0.25, 0.3) is 0 Å². The van der Waals surface area contributed by atoms with Gasteiger partial charge in [0, 0.05) is 30.8 Å². The summed E-state index contributed by atoms with van der Waals surface area (Å²) in [6.45, 7) is 1.03. The first-order valence-corrected chi connectivity index (χ1v) is 8.63. The molecule has 0 spiro atoms. The minimum atomic E-state index is -2.70. The molecule has 25 heavy (non-hydrogen) atoms. The van der Waals surface area contributed by atoms with E-state index < -0.39 is 23.7 Å². The molecule has 2 atom stereocenters. The van der Waals surface area contributed by atoms with E-state index in [9.17, 15) is 18.0 Å². The lowest BCUT2D eigenvalue weighted by Gasteiger charge is -2.35. The Morgan fingerprint density at radius 1 is 1.24 bits per heavy atom. The molecule has 0 radical (unpaired) electrons. The van der Waals surface area contributed by atoms with Crippen LogP contribution < -0.4 is 10.6 Å². The van der Waals surface area contributed by atoms with Crippen molar-refractivity contribution in [3.05, 3.63) is 35.1 Å². The molecule has 3 nitrogen and oxygen atoms in total. The summed E-state index contributed by atoms with van der Waals surface area (Å²) in [5.74, 6) is -2.79. The predicted octanol–water partition coefficient (Wildman–Crippen LogP) is 3.63. The third-order valence-corrected chi connectivity index (χ3v) is 5.24. The van der Waals surface area contributed by atoms with E-state index in [-0.39, 0.29) is 30.8 Å². The van der Waals surface area contributed by atoms with Crippen molar-refractivity contribution < 1.29 is 18.0 Å². The van der Waals surface area contributed by atoms with Crippen molar-refractivity contribution in [3.8, 4) is 0 Å². The molecule has 0 aliphatic heterocycles. The van der Waals surface area contributed by atoms with Gasteiger partial charge in [0.05, 0.1) is 5.56 Å². The van der Waals surface area contributed by atoms with E-state index in [2.05, 4.69) is 10.6 Å². The summed E-state index contributed by atoms with van der Waals surface area (Å²) in [6.07, 6.45) is 2.86. The van der Waals surface area contributed by atoms with Gasteiger partial charge in [-0.2, -0.15) is 0 Å². The van der Waals surface area contributed by atoms with Crippen LogP contribution in [0, 0.1) is 11.7 Å². The van der Waals surface area contributed by atoms with E-state index in [0.29, 0.717) is 12.0 Å². The van der Waals surface area contributed by atoms with Gasteiger partial charge in [0.2, 0.25) is 0 Å². The van der Waals surface area contributed by atoms with Gasteiger partial charge in [-0.05, 0) is 49.4 Å².